The van der Waals surface area contributed by atoms with E-state index in [1.165, 1.54) is 6.07 Å². The number of allylic oxidation sites excluding steroid dienone is 6. The molecule has 0 bridgehead atoms. The first-order chi connectivity index (χ1) is 15.4. The molecule has 0 fully saturated rings. The number of hydrogen-bond acceptors (Lipinski definition) is 4. The van der Waals surface area contributed by atoms with Crippen molar-refractivity contribution in [1.29, 1.82) is 0 Å². The van der Waals surface area contributed by atoms with Gasteiger partial charge in [0.25, 0.3) is 0 Å². The molecule has 0 spiro atoms. The topological polar surface area (TPSA) is 75.5 Å². The van der Waals surface area contributed by atoms with E-state index in [2.05, 4.69) is 11.1 Å². The maximum atomic E-state index is 14.7. The van der Waals surface area contributed by atoms with E-state index in [1.54, 1.807) is 30.3 Å². The van der Waals surface area contributed by atoms with Gasteiger partial charge in [0.1, 0.15) is 18.2 Å². The van der Waals surface area contributed by atoms with E-state index in [9.17, 15) is 14.0 Å². The second kappa shape index (κ2) is 10.8. The zero-order chi connectivity index (χ0) is 22.7. The van der Waals surface area contributed by atoms with E-state index < -0.39 is 11.4 Å². The maximum Gasteiger partial charge on any atom is 1.00 e. The molecule has 0 saturated heterocycles. The third kappa shape index (κ3) is 5.93. The summed E-state index contributed by atoms with van der Waals surface area (Å²) < 4.78 is 26.1. The summed E-state index contributed by atoms with van der Waals surface area (Å²) in [4.78, 5) is 25.7. The van der Waals surface area contributed by atoms with E-state index in [-0.39, 0.29) is 48.5 Å². The normalized spacial score (nSPS) is 13.4. The van der Waals surface area contributed by atoms with E-state index >= 15 is 0 Å². The van der Waals surface area contributed by atoms with Crippen molar-refractivity contribution in [3.63, 3.8) is 0 Å². The fourth-order valence-corrected chi connectivity index (χ4v) is 3.69. The predicted molar refractivity (Wildman–Crippen MR) is 119 cm³/mol. The van der Waals surface area contributed by atoms with Crippen LogP contribution >= 0.6 is 0 Å². The van der Waals surface area contributed by atoms with E-state index in [0.29, 0.717) is 11.3 Å². The van der Waals surface area contributed by atoms with Crippen molar-refractivity contribution in [3.05, 3.63) is 115 Å². The molecule has 0 aliphatic heterocycles. The van der Waals surface area contributed by atoms with Crippen molar-refractivity contribution in [2.24, 2.45) is 0 Å². The van der Waals surface area contributed by atoms with Gasteiger partial charge in [0, 0.05) is 12.1 Å². The standard InChI is InChI=1S/C25H23FN2O4.Na/c1-16-5-3-4-6-17(2)23(16)21-13-19(9-12-22(21)26)15-31-20-10-7-18(8-11-20)14-28-24(29)27-25(30)32-28;/h3-5,7-13H,6,14-15H2,1-2H3,(H,27,29,30);/q;+1/p-1. The van der Waals surface area contributed by atoms with Gasteiger partial charge in [-0.25, -0.2) is 9.18 Å². The molecule has 6 nitrogen and oxygen atoms in total. The molecule has 4 rings (SSSR count). The Morgan fingerprint density at radius 2 is 1.82 bits per heavy atom. The molecule has 33 heavy (non-hydrogen) atoms. The van der Waals surface area contributed by atoms with Crippen LogP contribution in [0.2, 0.25) is 0 Å². The summed E-state index contributed by atoms with van der Waals surface area (Å²) in [5.41, 5.74) is 4.55. The Kier molecular flexibility index (Phi) is 8.13. The molecule has 8 heteroatoms. The average molecular weight is 456 g/mol. The van der Waals surface area contributed by atoms with Crippen LogP contribution < -0.4 is 50.7 Å². The Labute approximate surface area is 212 Å². The summed E-state index contributed by atoms with van der Waals surface area (Å²) >= 11 is 0. The first kappa shape index (κ1) is 24.8. The van der Waals surface area contributed by atoms with Crippen LogP contribution in [-0.2, 0) is 13.2 Å². The molecule has 0 amide bonds. The van der Waals surface area contributed by atoms with Crippen LogP contribution in [0.4, 0.5) is 4.39 Å². The van der Waals surface area contributed by atoms with Crippen LogP contribution in [0.15, 0.2) is 86.0 Å². The maximum absolute atomic E-state index is 14.7. The van der Waals surface area contributed by atoms with Crippen LogP contribution in [0.1, 0.15) is 37.0 Å². The Balaban J connectivity index is 0.00000306. The molecule has 0 unspecified atom stereocenters. The molecule has 0 atom stereocenters. The van der Waals surface area contributed by atoms with Crippen LogP contribution in [0, 0.1) is 5.82 Å². The van der Waals surface area contributed by atoms with Gasteiger partial charge in [0.2, 0.25) is 0 Å². The first-order valence-corrected chi connectivity index (χ1v) is 10.2. The molecule has 0 N–H and O–H groups in total. The van der Waals surface area contributed by atoms with Crippen molar-refractivity contribution in [1.82, 2.24) is 9.72 Å². The fraction of sp³-hybridized carbons (Fsp3) is 0.200. The zero-order valence-corrected chi connectivity index (χ0v) is 20.8. The van der Waals surface area contributed by atoms with Crippen LogP contribution in [0.5, 0.6) is 5.75 Å². The van der Waals surface area contributed by atoms with Gasteiger partial charge < -0.3 is 14.2 Å². The minimum absolute atomic E-state index is 0. The summed E-state index contributed by atoms with van der Waals surface area (Å²) in [5, 5.41) is 0. The molecule has 1 aromatic heterocycles. The molecular weight excluding hydrogens is 434 g/mol. The summed E-state index contributed by atoms with van der Waals surface area (Å²) in [6.07, 6.45) is 6.85. The van der Waals surface area contributed by atoms with Crippen LogP contribution in [-0.4, -0.2) is 4.74 Å². The van der Waals surface area contributed by atoms with Crippen molar-refractivity contribution in [3.8, 4) is 5.75 Å². The van der Waals surface area contributed by atoms with Crippen molar-refractivity contribution >= 4 is 5.57 Å². The molecule has 1 heterocycles. The minimum Gasteiger partial charge on any atom is -0.489 e. The summed E-state index contributed by atoms with van der Waals surface area (Å²) in [5.74, 6) is -0.546. The number of benzene rings is 2. The Morgan fingerprint density at radius 1 is 1.09 bits per heavy atom. The molecule has 1 aliphatic carbocycles. The van der Waals surface area contributed by atoms with Crippen molar-refractivity contribution in [2.45, 2.75) is 33.4 Å². The van der Waals surface area contributed by atoms with E-state index in [0.717, 1.165) is 39.0 Å². The van der Waals surface area contributed by atoms with E-state index in [1.807, 2.05) is 32.1 Å². The SMILES string of the molecule is CC1=CC=CCC(C)=C1c1cc(COc2ccc(Cn3oc(=O)[n-]c3=O)cc2)ccc1F.[Na+]. The summed E-state index contributed by atoms with van der Waals surface area (Å²) in [6, 6.07) is 12.1. The van der Waals surface area contributed by atoms with Gasteiger partial charge in [-0.1, -0.05) is 42.0 Å². The van der Waals surface area contributed by atoms with Gasteiger partial charge in [-0.3, -0.25) is 9.53 Å². The zero-order valence-electron chi connectivity index (χ0n) is 18.8. The largest absolute Gasteiger partial charge is 1.00 e. The number of halogens is 1. The van der Waals surface area contributed by atoms with Gasteiger partial charge in [-0.2, -0.15) is 0 Å². The molecule has 0 saturated carbocycles. The summed E-state index contributed by atoms with van der Waals surface area (Å²) in [6.45, 7) is 4.40. The molecule has 164 valence electrons. The molecule has 1 aliphatic rings. The average Bonchev–Trinajstić information content (AvgIpc) is 2.98. The van der Waals surface area contributed by atoms with E-state index in [4.69, 9.17) is 9.26 Å². The number of ether oxygens (including phenoxy) is 1. The van der Waals surface area contributed by atoms with Crippen LogP contribution in [0.25, 0.3) is 5.57 Å². The van der Waals surface area contributed by atoms with Gasteiger partial charge in [0.15, 0.2) is 5.69 Å². The Bertz CT molecular complexity index is 1340. The smallest absolute Gasteiger partial charge is 0.489 e. The molecule has 2 aromatic carbocycles. The van der Waals surface area contributed by atoms with Crippen LogP contribution in [0.3, 0.4) is 0 Å². The van der Waals surface area contributed by atoms with Gasteiger partial charge in [0.05, 0.1) is 0 Å². The second-order valence-corrected chi connectivity index (χ2v) is 7.67. The number of nitrogens with zero attached hydrogens (tertiary/aromatic N) is 2. The van der Waals surface area contributed by atoms with Gasteiger partial charge >= 0.3 is 35.3 Å². The quantitative estimate of drug-likeness (QED) is 0.522. The van der Waals surface area contributed by atoms with Crippen molar-refractivity contribution in [2.75, 3.05) is 0 Å². The van der Waals surface area contributed by atoms with Crippen molar-refractivity contribution < 1.29 is 43.2 Å². The summed E-state index contributed by atoms with van der Waals surface area (Å²) in [7, 11) is 0. The second-order valence-electron chi connectivity index (χ2n) is 7.67. The molecule has 3 aromatic rings. The third-order valence-electron chi connectivity index (χ3n) is 5.27. The molecular formula is C25H22FN2NaO4. The number of hydrogen-bond donors (Lipinski definition) is 0. The number of aromatic nitrogens is 2. The monoisotopic (exact) mass is 456 g/mol. The van der Waals surface area contributed by atoms with Gasteiger partial charge in [-0.15, -0.1) is 0 Å². The fourth-order valence-electron chi connectivity index (χ4n) is 3.69. The molecule has 0 radical (unpaired) electrons. The predicted octanol–water partition coefficient (Wildman–Crippen LogP) is 1.21. The van der Waals surface area contributed by atoms with Gasteiger partial charge in [-0.05, 0) is 66.8 Å². The first-order valence-electron chi connectivity index (χ1n) is 10.2. The third-order valence-corrected chi connectivity index (χ3v) is 5.27. The number of rotatable bonds is 6. The minimum atomic E-state index is -0.912. The Morgan fingerprint density at radius 3 is 2.52 bits per heavy atom. The Hall–Kier alpha value is -2.87.